The number of nitrogens with one attached hydrogen (secondary N) is 2. The number of hydrogen-bond donors (Lipinski definition) is 2. The van der Waals surface area contributed by atoms with Crippen LogP contribution in [0, 0.1) is 13.8 Å². The zero-order valence-electron chi connectivity index (χ0n) is 10.1. The van der Waals surface area contributed by atoms with Crippen molar-refractivity contribution in [2.24, 2.45) is 0 Å². The van der Waals surface area contributed by atoms with Crippen molar-refractivity contribution < 1.29 is 0 Å². The molecule has 15 heavy (non-hydrogen) atoms. The number of thioether (sulfide) groups is 1. The van der Waals surface area contributed by atoms with Crippen molar-refractivity contribution >= 4 is 11.8 Å². The summed E-state index contributed by atoms with van der Waals surface area (Å²) in [5.41, 5.74) is 3.60. The minimum absolute atomic E-state index is 0.605. The molecule has 1 aromatic rings. The standard InChI is InChI=1S/C11H21N3S/c1-5-10(7-15-4)12-6-11-8(2)13-14-9(11)3/h10,12H,5-7H2,1-4H3,(H,13,14). The van der Waals surface area contributed by atoms with E-state index in [1.165, 1.54) is 23.4 Å². The molecule has 0 spiro atoms. The molecule has 0 aliphatic rings. The Kier molecular flexibility index (Phi) is 5.19. The van der Waals surface area contributed by atoms with Crippen LogP contribution in [0.3, 0.4) is 0 Å². The molecule has 2 N–H and O–H groups in total. The van der Waals surface area contributed by atoms with E-state index >= 15 is 0 Å². The quantitative estimate of drug-likeness (QED) is 0.783. The number of hydrogen-bond acceptors (Lipinski definition) is 3. The van der Waals surface area contributed by atoms with Gasteiger partial charge in [0.1, 0.15) is 0 Å². The highest BCUT2D eigenvalue weighted by Gasteiger charge is 2.09. The first kappa shape index (κ1) is 12.6. The van der Waals surface area contributed by atoms with Crippen LogP contribution in [0.5, 0.6) is 0 Å². The Hall–Kier alpha value is -0.480. The lowest BCUT2D eigenvalue weighted by Crippen LogP contribution is -2.30. The number of aromatic amines is 1. The molecule has 0 aliphatic carbocycles. The number of nitrogens with zero attached hydrogens (tertiary/aromatic N) is 1. The van der Waals surface area contributed by atoms with Gasteiger partial charge in [-0.2, -0.15) is 16.9 Å². The van der Waals surface area contributed by atoms with Gasteiger partial charge in [0, 0.05) is 29.6 Å². The fourth-order valence-corrected chi connectivity index (χ4v) is 2.36. The summed E-state index contributed by atoms with van der Waals surface area (Å²) in [4.78, 5) is 0. The fraction of sp³-hybridized carbons (Fsp3) is 0.727. The van der Waals surface area contributed by atoms with Crippen LogP contribution in [-0.2, 0) is 6.54 Å². The van der Waals surface area contributed by atoms with E-state index in [4.69, 9.17) is 0 Å². The molecule has 0 amide bonds. The molecule has 0 fully saturated rings. The fourth-order valence-electron chi connectivity index (χ4n) is 1.60. The van der Waals surface area contributed by atoms with Gasteiger partial charge in [-0.3, -0.25) is 5.10 Å². The first-order valence-corrected chi connectivity index (χ1v) is 6.81. The highest BCUT2D eigenvalue weighted by atomic mass is 32.2. The predicted octanol–water partition coefficient (Wildman–Crippen LogP) is 2.26. The molecule has 0 saturated heterocycles. The van der Waals surface area contributed by atoms with Crippen LogP contribution in [0.4, 0.5) is 0 Å². The molecule has 0 radical (unpaired) electrons. The lowest BCUT2D eigenvalue weighted by Gasteiger charge is -2.15. The molecule has 1 aromatic heterocycles. The van der Waals surface area contributed by atoms with E-state index in [0.717, 1.165) is 12.2 Å². The molecule has 86 valence electrons. The number of H-pyrrole nitrogens is 1. The van der Waals surface area contributed by atoms with Crippen LogP contribution >= 0.6 is 11.8 Å². The first-order chi connectivity index (χ1) is 7.19. The predicted molar refractivity (Wildman–Crippen MR) is 67.4 cm³/mol. The summed E-state index contributed by atoms with van der Waals surface area (Å²) in [5, 5.41) is 10.8. The van der Waals surface area contributed by atoms with Gasteiger partial charge in [-0.15, -0.1) is 0 Å². The molecule has 0 aromatic carbocycles. The average molecular weight is 227 g/mol. The molecule has 1 unspecified atom stereocenters. The van der Waals surface area contributed by atoms with Gasteiger partial charge in [-0.25, -0.2) is 0 Å². The van der Waals surface area contributed by atoms with Crippen molar-refractivity contribution in [1.82, 2.24) is 15.5 Å². The van der Waals surface area contributed by atoms with Crippen molar-refractivity contribution in [3.63, 3.8) is 0 Å². The molecule has 4 heteroatoms. The smallest absolute Gasteiger partial charge is 0.0638 e. The van der Waals surface area contributed by atoms with Gasteiger partial charge in [-0.05, 0) is 26.5 Å². The molecular formula is C11H21N3S. The van der Waals surface area contributed by atoms with Gasteiger partial charge in [0.2, 0.25) is 0 Å². The maximum Gasteiger partial charge on any atom is 0.0638 e. The number of aryl methyl sites for hydroxylation is 2. The van der Waals surface area contributed by atoms with Crippen molar-refractivity contribution in [2.45, 2.75) is 39.8 Å². The summed E-state index contributed by atoms with van der Waals surface area (Å²) in [6, 6.07) is 0.605. The largest absolute Gasteiger partial charge is 0.309 e. The van der Waals surface area contributed by atoms with Crippen molar-refractivity contribution in [3.05, 3.63) is 17.0 Å². The van der Waals surface area contributed by atoms with E-state index in [2.05, 4.69) is 42.5 Å². The summed E-state index contributed by atoms with van der Waals surface area (Å²) in [5.74, 6) is 1.17. The molecule has 3 nitrogen and oxygen atoms in total. The van der Waals surface area contributed by atoms with E-state index in [1.54, 1.807) is 0 Å². The van der Waals surface area contributed by atoms with Crippen molar-refractivity contribution in [1.29, 1.82) is 0 Å². The third-order valence-corrected chi connectivity index (χ3v) is 3.44. The zero-order chi connectivity index (χ0) is 11.3. The first-order valence-electron chi connectivity index (χ1n) is 5.41. The van der Waals surface area contributed by atoms with Gasteiger partial charge in [0.25, 0.3) is 0 Å². The molecule has 1 rings (SSSR count). The Morgan fingerprint density at radius 1 is 1.47 bits per heavy atom. The summed E-state index contributed by atoms with van der Waals surface area (Å²) < 4.78 is 0. The lowest BCUT2D eigenvalue weighted by molar-refractivity contribution is 0.539. The van der Waals surface area contributed by atoms with E-state index < -0.39 is 0 Å². The second-order valence-corrected chi connectivity index (χ2v) is 4.76. The summed E-state index contributed by atoms with van der Waals surface area (Å²) in [6.07, 6.45) is 3.33. The maximum absolute atomic E-state index is 4.20. The van der Waals surface area contributed by atoms with E-state index in [0.29, 0.717) is 6.04 Å². The lowest BCUT2D eigenvalue weighted by atomic mass is 10.2. The Morgan fingerprint density at radius 2 is 2.20 bits per heavy atom. The zero-order valence-corrected chi connectivity index (χ0v) is 10.9. The highest BCUT2D eigenvalue weighted by molar-refractivity contribution is 7.98. The number of rotatable bonds is 6. The van der Waals surface area contributed by atoms with Crippen LogP contribution in [0.25, 0.3) is 0 Å². The molecule has 1 heterocycles. The Morgan fingerprint density at radius 3 is 2.67 bits per heavy atom. The van der Waals surface area contributed by atoms with Crippen molar-refractivity contribution in [2.75, 3.05) is 12.0 Å². The minimum Gasteiger partial charge on any atom is -0.309 e. The van der Waals surface area contributed by atoms with Crippen LogP contribution in [0.1, 0.15) is 30.3 Å². The van der Waals surface area contributed by atoms with Crippen molar-refractivity contribution in [3.8, 4) is 0 Å². The van der Waals surface area contributed by atoms with Crippen LogP contribution in [0.2, 0.25) is 0 Å². The molecular weight excluding hydrogens is 206 g/mol. The third-order valence-electron chi connectivity index (χ3n) is 2.71. The van der Waals surface area contributed by atoms with E-state index in [-0.39, 0.29) is 0 Å². The average Bonchev–Trinajstić information content (AvgIpc) is 2.54. The van der Waals surface area contributed by atoms with E-state index in [1.807, 2.05) is 11.8 Å². The monoisotopic (exact) mass is 227 g/mol. The van der Waals surface area contributed by atoms with Gasteiger partial charge in [-0.1, -0.05) is 6.92 Å². The summed E-state index contributed by atoms with van der Waals surface area (Å²) >= 11 is 1.89. The summed E-state index contributed by atoms with van der Waals surface area (Å²) in [6.45, 7) is 7.28. The summed E-state index contributed by atoms with van der Waals surface area (Å²) in [7, 11) is 0. The van der Waals surface area contributed by atoms with Crippen LogP contribution < -0.4 is 5.32 Å². The van der Waals surface area contributed by atoms with Crippen LogP contribution in [-0.4, -0.2) is 28.2 Å². The topological polar surface area (TPSA) is 40.7 Å². The normalized spacial score (nSPS) is 13.1. The van der Waals surface area contributed by atoms with Crippen LogP contribution in [0.15, 0.2) is 0 Å². The number of aromatic nitrogens is 2. The minimum atomic E-state index is 0.605. The molecule has 1 atom stereocenters. The van der Waals surface area contributed by atoms with Gasteiger partial charge in [0.05, 0.1) is 5.69 Å². The highest BCUT2D eigenvalue weighted by Crippen LogP contribution is 2.10. The second kappa shape index (κ2) is 6.18. The molecule has 0 aliphatic heterocycles. The SMILES string of the molecule is CCC(CSC)NCc1c(C)n[nH]c1C. The Balaban J connectivity index is 2.48. The second-order valence-electron chi connectivity index (χ2n) is 3.85. The Bertz CT molecular complexity index is 277. The maximum atomic E-state index is 4.20. The van der Waals surface area contributed by atoms with Gasteiger partial charge in [0.15, 0.2) is 0 Å². The van der Waals surface area contributed by atoms with E-state index in [9.17, 15) is 0 Å². The Labute approximate surface area is 96.4 Å². The third kappa shape index (κ3) is 3.54. The van der Waals surface area contributed by atoms with Gasteiger partial charge >= 0.3 is 0 Å². The molecule has 0 bridgehead atoms. The molecule has 0 saturated carbocycles. The van der Waals surface area contributed by atoms with Gasteiger partial charge < -0.3 is 5.32 Å².